The molecule has 0 radical (unpaired) electrons. The van der Waals surface area contributed by atoms with Gasteiger partial charge in [-0.15, -0.1) is 0 Å². The van der Waals surface area contributed by atoms with E-state index in [0.29, 0.717) is 5.52 Å². The van der Waals surface area contributed by atoms with E-state index in [0.717, 1.165) is 28.6 Å². The van der Waals surface area contributed by atoms with E-state index in [4.69, 9.17) is 0 Å². The Kier molecular flexibility index (Phi) is 3.16. The molecule has 0 aliphatic rings. The molecule has 0 aliphatic heterocycles. The summed E-state index contributed by atoms with van der Waals surface area (Å²) in [4.78, 5) is 8.61. The van der Waals surface area contributed by atoms with Crippen LogP contribution in [0.4, 0.5) is 9.52 Å². The van der Waals surface area contributed by atoms with Gasteiger partial charge in [0.15, 0.2) is 5.13 Å². The normalized spacial score (nSPS) is 11.1. The first-order chi connectivity index (χ1) is 9.22. The van der Waals surface area contributed by atoms with E-state index >= 15 is 0 Å². The molecule has 0 fully saturated rings. The van der Waals surface area contributed by atoms with Gasteiger partial charge in [-0.3, -0.25) is 0 Å². The fraction of sp³-hybridized carbons (Fsp3) is 0.231. The molecule has 0 unspecified atom stereocenters. The number of rotatable bonds is 4. The topological polar surface area (TPSA) is 42.7 Å². The highest BCUT2D eigenvalue weighted by molar-refractivity contribution is 7.22. The number of anilines is 1. The van der Waals surface area contributed by atoms with Crippen LogP contribution >= 0.6 is 11.3 Å². The lowest BCUT2D eigenvalue weighted by Gasteiger charge is -2.02. The average molecular weight is 276 g/mol. The molecule has 1 N–H and O–H groups in total. The van der Waals surface area contributed by atoms with Crippen LogP contribution in [0.1, 0.15) is 5.82 Å². The van der Waals surface area contributed by atoms with Crippen molar-refractivity contribution in [3.8, 4) is 0 Å². The van der Waals surface area contributed by atoms with E-state index < -0.39 is 0 Å². The van der Waals surface area contributed by atoms with Gasteiger partial charge in [-0.2, -0.15) is 0 Å². The van der Waals surface area contributed by atoms with Crippen LogP contribution in [-0.2, 0) is 13.5 Å². The molecule has 2 heterocycles. The molecule has 4 nitrogen and oxygen atoms in total. The third-order valence-electron chi connectivity index (χ3n) is 2.90. The van der Waals surface area contributed by atoms with Crippen molar-refractivity contribution in [2.75, 3.05) is 11.9 Å². The summed E-state index contributed by atoms with van der Waals surface area (Å²) in [5.41, 5.74) is 0.699. The number of benzene rings is 1. The van der Waals surface area contributed by atoms with E-state index in [1.807, 2.05) is 17.8 Å². The van der Waals surface area contributed by atoms with Gasteiger partial charge in [0, 0.05) is 38.5 Å². The zero-order chi connectivity index (χ0) is 13.2. The first-order valence-electron chi connectivity index (χ1n) is 5.98. The molecule has 98 valence electrons. The molecule has 0 spiro atoms. The largest absolute Gasteiger partial charge is 0.361 e. The van der Waals surface area contributed by atoms with Crippen molar-refractivity contribution in [1.82, 2.24) is 14.5 Å². The van der Waals surface area contributed by atoms with Crippen LogP contribution in [0, 0.1) is 5.82 Å². The van der Waals surface area contributed by atoms with E-state index in [-0.39, 0.29) is 5.82 Å². The maximum Gasteiger partial charge on any atom is 0.183 e. The van der Waals surface area contributed by atoms with Gasteiger partial charge in [0.1, 0.15) is 11.6 Å². The Hall–Kier alpha value is -1.95. The molecule has 0 saturated heterocycles. The fourth-order valence-electron chi connectivity index (χ4n) is 1.89. The lowest BCUT2D eigenvalue weighted by atomic mass is 10.3. The Morgan fingerprint density at radius 1 is 1.42 bits per heavy atom. The first kappa shape index (κ1) is 12.1. The fourth-order valence-corrected chi connectivity index (χ4v) is 2.77. The van der Waals surface area contributed by atoms with Crippen LogP contribution in [0.25, 0.3) is 10.2 Å². The second-order valence-corrected chi connectivity index (χ2v) is 5.29. The molecule has 0 atom stereocenters. The quantitative estimate of drug-likeness (QED) is 0.797. The number of nitrogens with zero attached hydrogens (tertiary/aromatic N) is 3. The van der Waals surface area contributed by atoms with Crippen LogP contribution < -0.4 is 5.32 Å². The number of imidazole rings is 1. The molecule has 6 heteroatoms. The maximum atomic E-state index is 13.1. The van der Waals surface area contributed by atoms with Crippen molar-refractivity contribution >= 4 is 26.7 Å². The van der Waals surface area contributed by atoms with Gasteiger partial charge < -0.3 is 9.88 Å². The molecule has 0 saturated carbocycles. The summed E-state index contributed by atoms with van der Waals surface area (Å²) in [5.74, 6) is 0.775. The third kappa shape index (κ3) is 2.58. The number of hydrogen-bond donors (Lipinski definition) is 1. The van der Waals surface area contributed by atoms with Gasteiger partial charge in [0.05, 0.1) is 10.2 Å². The maximum absolute atomic E-state index is 13.1. The molecule has 19 heavy (non-hydrogen) atoms. The van der Waals surface area contributed by atoms with Crippen LogP contribution in [-0.4, -0.2) is 21.1 Å². The Morgan fingerprint density at radius 3 is 3.11 bits per heavy atom. The van der Waals surface area contributed by atoms with Crippen LogP contribution in [0.2, 0.25) is 0 Å². The van der Waals surface area contributed by atoms with Gasteiger partial charge in [0.2, 0.25) is 0 Å². The Bertz CT molecular complexity index is 704. The van der Waals surface area contributed by atoms with E-state index in [1.165, 1.54) is 23.5 Å². The zero-order valence-corrected chi connectivity index (χ0v) is 11.2. The number of nitrogens with one attached hydrogen (secondary N) is 1. The summed E-state index contributed by atoms with van der Waals surface area (Å²) in [6.07, 6.45) is 4.54. The van der Waals surface area contributed by atoms with Crippen molar-refractivity contribution in [2.24, 2.45) is 7.05 Å². The number of thiazole rings is 1. The molecule has 0 amide bonds. The highest BCUT2D eigenvalue weighted by atomic mass is 32.1. The summed E-state index contributed by atoms with van der Waals surface area (Å²) in [7, 11) is 1.97. The Morgan fingerprint density at radius 2 is 2.32 bits per heavy atom. The lowest BCUT2D eigenvalue weighted by molar-refractivity contribution is 0.629. The second kappa shape index (κ2) is 4.97. The molecular formula is C13H13FN4S. The van der Waals surface area contributed by atoms with Gasteiger partial charge >= 0.3 is 0 Å². The predicted molar refractivity (Wildman–Crippen MR) is 75.0 cm³/mol. The summed E-state index contributed by atoms with van der Waals surface area (Å²) in [6.45, 7) is 0.757. The number of hydrogen-bond acceptors (Lipinski definition) is 4. The first-order valence-corrected chi connectivity index (χ1v) is 6.80. The number of aryl methyl sites for hydroxylation is 1. The SMILES string of the molecule is Cn1ccnc1CCNc1nc2cc(F)ccc2s1. The highest BCUT2D eigenvalue weighted by Crippen LogP contribution is 2.26. The van der Waals surface area contributed by atoms with Crippen molar-refractivity contribution in [3.63, 3.8) is 0 Å². The van der Waals surface area contributed by atoms with E-state index in [1.54, 1.807) is 12.3 Å². The summed E-state index contributed by atoms with van der Waals surface area (Å²) < 4.78 is 16.0. The number of aromatic nitrogens is 3. The number of fused-ring (bicyclic) bond motifs is 1. The van der Waals surface area contributed by atoms with Crippen molar-refractivity contribution in [3.05, 3.63) is 42.2 Å². The second-order valence-electron chi connectivity index (χ2n) is 4.26. The molecule has 3 aromatic rings. The molecule has 3 rings (SSSR count). The molecule has 2 aromatic heterocycles. The average Bonchev–Trinajstić information content (AvgIpc) is 2.95. The molecule has 1 aromatic carbocycles. The van der Waals surface area contributed by atoms with E-state index in [9.17, 15) is 4.39 Å². The van der Waals surface area contributed by atoms with Gasteiger partial charge in [-0.1, -0.05) is 11.3 Å². The van der Waals surface area contributed by atoms with Crippen molar-refractivity contribution in [1.29, 1.82) is 0 Å². The summed E-state index contributed by atoms with van der Waals surface area (Å²) >= 11 is 1.53. The van der Waals surface area contributed by atoms with Gasteiger partial charge in [-0.05, 0) is 12.1 Å². The van der Waals surface area contributed by atoms with Gasteiger partial charge in [-0.25, -0.2) is 14.4 Å². The summed E-state index contributed by atoms with van der Waals surface area (Å²) in [6, 6.07) is 4.67. The highest BCUT2D eigenvalue weighted by Gasteiger charge is 2.05. The molecular weight excluding hydrogens is 263 g/mol. The zero-order valence-electron chi connectivity index (χ0n) is 10.4. The van der Waals surface area contributed by atoms with Gasteiger partial charge in [0.25, 0.3) is 0 Å². The molecule has 0 bridgehead atoms. The summed E-state index contributed by atoms with van der Waals surface area (Å²) in [5, 5.41) is 4.07. The smallest absolute Gasteiger partial charge is 0.183 e. The van der Waals surface area contributed by atoms with Crippen LogP contribution in [0.15, 0.2) is 30.6 Å². The Balaban J connectivity index is 1.67. The van der Waals surface area contributed by atoms with Crippen LogP contribution in [0.3, 0.4) is 0 Å². The third-order valence-corrected chi connectivity index (χ3v) is 3.89. The van der Waals surface area contributed by atoms with Crippen molar-refractivity contribution < 1.29 is 4.39 Å². The Labute approximate surface area is 113 Å². The number of halogens is 1. The van der Waals surface area contributed by atoms with Crippen molar-refractivity contribution in [2.45, 2.75) is 6.42 Å². The minimum absolute atomic E-state index is 0.252. The monoisotopic (exact) mass is 276 g/mol. The minimum atomic E-state index is -0.252. The van der Waals surface area contributed by atoms with E-state index in [2.05, 4.69) is 15.3 Å². The van der Waals surface area contributed by atoms with Crippen LogP contribution in [0.5, 0.6) is 0 Å². The predicted octanol–water partition coefficient (Wildman–Crippen LogP) is 2.82. The minimum Gasteiger partial charge on any atom is -0.361 e. The lowest BCUT2D eigenvalue weighted by Crippen LogP contribution is -2.08. The standard InChI is InChI=1S/C13H13FN4S/c1-18-7-6-15-12(18)4-5-16-13-17-10-8-9(14)2-3-11(10)19-13/h2-3,6-8H,4-5H2,1H3,(H,16,17). The molecule has 0 aliphatic carbocycles.